The van der Waals surface area contributed by atoms with Gasteiger partial charge in [-0.3, -0.25) is 18.6 Å². The molecular formula is C39H72NO8P. The summed E-state index contributed by atoms with van der Waals surface area (Å²) in [6.45, 7) is 3.63. The number of nitrogens with two attached hydrogens (primary N) is 1. The first-order valence-electron chi connectivity index (χ1n) is 19.5. The molecule has 0 saturated carbocycles. The number of rotatable bonds is 36. The van der Waals surface area contributed by atoms with Crippen LogP contribution in [0.5, 0.6) is 0 Å². The van der Waals surface area contributed by atoms with Gasteiger partial charge in [0, 0.05) is 19.4 Å². The number of carbonyl (C=O) groups is 2. The molecule has 0 amide bonds. The summed E-state index contributed by atoms with van der Waals surface area (Å²) >= 11 is 0. The summed E-state index contributed by atoms with van der Waals surface area (Å²) in [5.74, 6) is -0.851. The van der Waals surface area contributed by atoms with Crippen LogP contribution < -0.4 is 5.73 Å². The van der Waals surface area contributed by atoms with Gasteiger partial charge < -0.3 is 20.1 Å². The van der Waals surface area contributed by atoms with E-state index < -0.39 is 32.5 Å². The maximum atomic E-state index is 12.5. The lowest BCUT2D eigenvalue weighted by Crippen LogP contribution is -2.29. The van der Waals surface area contributed by atoms with Gasteiger partial charge in [0.25, 0.3) is 0 Å². The first-order chi connectivity index (χ1) is 23.8. The average Bonchev–Trinajstić information content (AvgIpc) is 3.08. The van der Waals surface area contributed by atoms with Gasteiger partial charge in [0.1, 0.15) is 6.61 Å². The van der Waals surface area contributed by atoms with Crippen LogP contribution >= 0.6 is 7.82 Å². The molecule has 0 rings (SSSR count). The summed E-state index contributed by atoms with van der Waals surface area (Å²) in [7, 11) is -4.37. The summed E-state index contributed by atoms with van der Waals surface area (Å²) < 4.78 is 32.6. The van der Waals surface area contributed by atoms with Crippen molar-refractivity contribution in [1.29, 1.82) is 0 Å². The van der Waals surface area contributed by atoms with E-state index in [-0.39, 0.29) is 32.6 Å². The van der Waals surface area contributed by atoms with Crippen molar-refractivity contribution < 1.29 is 37.6 Å². The zero-order valence-electron chi connectivity index (χ0n) is 31.2. The number of esters is 2. The lowest BCUT2D eigenvalue weighted by atomic mass is 10.1. The van der Waals surface area contributed by atoms with Crippen molar-refractivity contribution in [3.63, 3.8) is 0 Å². The number of unbranched alkanes of at least 4 members (excludes halogenated alkanes) is 17. The Bertz CT molecular complexity index is 907. The van der Waals surface area contributed by atoms with E-state index in [9.17, 15) is 19.0 Å². The fourth-order valence-electron chi connectivity index (χ4n) is 5.06. The van der Waals surface area contributed by atoms with Gasteiger partial charge in [0.05, 0.1) is 13.2 Å². The van der Waals surface area contributed by atoms with E-state index in [1.165, 1.54) is 57.8 Å². The van der Waals surface area contributed by atoms with Crippen LogP contribution in [0.1, 0.15) is 168 Å². The predicted octanol–water partition coefficient (Wildman–Crippen LogP) is 10.6. The Morgan fingerprint density at radius 2 is 1.08 bits per heavy atom. The summed E-state index contributed by atoms with van der Waals surface area (Å²) in [6, 6.07) is 0. The number of ether oxygens (including phenoxy) is 2. The Hall–Kier alpha value is -1.77. The molecule has 0 aliphatic rings. The fourth-order valence-corrected chi connectivity index (χ4v) is 5.82. The average molecular weight is 714 g/mol. The molecule has 10 heteroatoms. The van der Waals surface area contributed by atoms with Crippen LogP contribution in [0.4, 0.5) is 0 Å². The normalized spacial score (nSPS) is 13.8. The molecule has 1 unspecified atom stereocenters. The van der Waals surface area contributed by atoms with Gasteiger partial charge in [0.15, 0.2) is 6.10 Å². The van der Waals surface area contributed by atoms with Crippen LogP contribution in [-0.2, 0) is 32.7 Å². The second kappa shape index (κ2) is 36.0. The van der Waals surface area contributed by atoms with Crippen LogP contribution in [0, 0.1) is 0 Å². The summed E-state index contributed by atoms with van der Waals surface area (Å²) in [5, 5.41) is 0. The SMILES string of the molecule is CCCC/C=C/CCCCCCCC(=O)OC[C@H](COP(=O)(O)OCCN)OC(=O)CCCCCCCCC/C=C/C/C=C/CCCCC. The van der Waals surface area contributed by atoms with E-state index in [1.54, 1.807) is 0 Å². The van der Waals surface area contributed by atoms with Crippen molar-refractivity contribution in [3.8, 4) is 0 Å². The van der Waals surface area contributed by atoms with Crippen molar-refractivity contribution in [3.05, 3.63) is 36.5 Å². The summed E-state index contributed by atoms with van der Waals surface area (Å²) in [6.07, 6.45) is 37.4. The van der Waals surface area contributed by atoms with Gasteiger partial charge in [0.2, 0.25) is 0 Å². The van der Waals surface area contributed by atoms with Crippen LogP contribution in [0.25, 0.3) is 0 Å². The minimum absolute atomic E-state index is 0.0503. The van der Waals surface area contributed by atoms with Gasteiger partial charge in [-0.15, -0.1) is 0 Å². The quantitative estimate of drug-likeness (QED) is 0.0281. The third kappa shape index (κ3) is 35.8. The van der Waals surface area contributed by atoms with Crippen molar-refractivity contribution in [2.45, 2.75) is 174 Å². The van der Waals surface area contributed by atoms with Gasteiger partial charge in [-0.25, -0.2) is 4.57 Å². The molecule has 0 fully saturated rings. The van der Waals surface area contributed by atoms with Crippen LogP contribution in [0.15, 0.2) is 36.5 Å². The third-order valence-electron chi connectivity index (χ3n) is 8.00. The van der Waals surface area contributed by atoms with Crippen molar-refractivity contribution in [1.82, 2.24) is 0 Å². The second-order valence-corrected chi connectivity index (χ2v) is 14.2. The van der Waals surface area contributed by atoms with Crippen LogP contribution in [0.3, 0.4) is 0 Å². The highest BCUT2D eigenvalue weighted by Crippen LogP contribution is 2.43. The molecule has 0 spiro atoms. The first kappa shape index (κ1) is 47.2. The molecule has 0 aliphatic carbocycles. The Balaban J connectivity index is 4.22. The summed E-state index contributed by atoms with van der Waals surface area (Å²) in [5.41, 5.74) is 5.33. The zero-order chi connectivity index (χ0) is 36.1. The second-order valence-electron chi connectivity index (χ2n) is 12.8. The van der Waals surface area contributed by atoms with Gasteiger partial charge >= 0.3 is 19.8 Å². The molecule has 0 aromatic rings. The molecule has 9 nitrogen and oxygen atoms in total. The number of phosphoric acid groups is 1. The number of carbonyl (C=O) groups excluding carboxylic acids is 2. The maximum absolute atomic E-state index is 12.5. The first-order valence-corrected chi connectivity index (χ1v) is 21.0. The number of phosphoric ester groups is 1. The van der Waals surface area contributed by atoms with E-state index in [4.69, 9.17) is 24.3 Å². The van der Waals surface area contributed by atoms with E-state index >= 15 is 0 Å². The lowest BCUT2D eigenvalue weighted by molar-refractivity contribution is -0.161. The van der Waals surface area contributed by atoms with Crippen LogP contribution in [-0.4, -0.2) is 49.3 Å². The molecule has 3 N–H and O–H groups in total. The molecule has 0 saturated heterocycles. The smallest absolute Gasteiger partial charge is 0.462 e. The van der Waals surface area contributed by atoms with Gasteiger partial charge in [-0.1, -0.05) is 127 Å². The molecule has 286 valence electrons. The highest BCUT2D eigenvalue weighted by molar-refractivity contribution is 7.47. The molecule has 49 heavy (non-hydrogen) atoms. The van der Waals surface area contributed by atoms with Crippen molar-refractivity contribution in [2.24, 2.45) is 5.73 Å². The zero-order valence-corrected chi connectivity index (χ0v) is 32.1. The molecule has 0 radical (unpaired) electrons. The van der Waals surface area contributed by atoms with Gasteiger partial charge in [-0.2, -0.15) is 0 Å². The number of allylic oxidation sites excluding steroid dienone is 6. The Morgan fingerprint density at radius 1 is 0.612 bits per heavy atom. The number of hydrogen-bond acceptors (Lipinski definition) is 8. The largest absolute Gasteiger partial charge is 0.472 e. The van der Waals surface area contributed by atoms with E-state index in [0.717, 1.165) is 77.0 Å². The predicted molar refractivity (Wildman–Crippen MR) is 201 cm³/mol. The molecular weight excluding hydrogens is 641 g/mol. The van der Waals surface area contributed by atoms with E-state index in [0.29, 0.717) is 6.42 Å². The Morgan fingerprint density at radius 3 is 1.63 bits per heavy atom. The van der Waals surface area contributed by atoms with Crippen molar-refractivity contribution >= 4 is 19.8 Å². The van der Waals surface area contributed by atoms with Gasteiger partial charge in [-0.05, 0) is 64.2 Å². The lowest BCUT2D eigenvalue weighted by Gasteiger charge is -2.19. The highest BCUT2D eigenvalue weighted by Gasteiger charge is 2.25. The standard InChI is InChI=1S/C39H72NO8P/c1-3-5-7-9-11-13-15-16-17-18-19-20-22-24-26-28-30-32-39(42)48-37(36-47-49(43,44)46-34-33-40)35-45-38(41)31-29-27-25-23-21-14-12-10-8-6-4-2/h10-13,16-17,37H,3-9,14-15,18-36,40H2,1-2H3,(H,43,44)/b12-10+,13-11+,17-16+/t37-/m1/s1. The highest BCUT2D eigenvalue weighted by atomic mass is 31.2. The van der Waals surface area contributed by atoms with E-state index in [1.807, 2.05) is 0 Å². The van der Waals surface area contributed by atoms with Crippen LogP contribution in [0.2, 0.25) is 0 Å². The fraction of sp³-hybridized carbons (Fsp3) is 0.795. The molecule has 2 atom stereocenters. The third-order valence-corrected chi connectivity index (χ3v) is 8.98. The monoisotopic (exact) mass is 713 g/mol. The molecule has 0 aromatic carbocycles. The molecule has 0 aromatic heterocycles. The minimum Gasteiger partial charge on any atom is -0.462 e. The minimum atomic E-state index is -4.37. The topological polar surface area (TPSA) is 134 Å². The molecule has 0 heterocycles. The Labute approximate surface area is 299 Å². The molecule has 0 aliphatic heterocycles. The summed E-state index contributed by atoms with van der Waals surface area (Å²) in [4.78, 5) is 34.7. The number of hydrogen-bond donors (Lipinski definition) is 2. The molecule has 0 bridgehead atoms. The Kier molecular flexibility index (Phi) is 34.7. The van der Waals surface area contributed by atoms with E-state index in [2.05, 4.69) is 50.3 Å². The maximum Gasteiger partial charge on any atom is 0.472 e. The van der Waals surface area contributed by atoms with Crippen molar-refractivity contribution in [2.75, 3.05) is 26.4 Å².